The van der Waals surface area contributed by atoms with Crippen molar-refractivity contribution in [3.63, 3.8) is 0 Å². The van der Waals surface area contributed by atoms with E-state index in [0.29, 0.717) is 0 Å². The summed E-state index contributed by atoms with van der Waals surface area (Å²) in [4.78, 5) is 0. The number of rotatable bonds is 2. The maximum atomic E-state index is 2.53. The fourth-order valence-electron chi connectivity index (χ4n) is 6.26. The Bertz CT molecular complexity index is 1190. The summed E-state index contributed by atoms with van der Waals surface area (Å²) in [5, 5.41) is 0. The van der Waals surface area contributed by atoms with E-state index in [-0.39, 0.29) is 10.8 Å². The normalized spacial score (nSPS) is 17.9. The van der Waals surface area contributed by atoms with E-state index in [9.17, 15) is 0 Å². The van der Waals surface area contributed by atoms with Crippen LogP contribution in [0.3, 0.4) is 0 Å². The molecule has 0 N–H and O–H groups in total. The van der Waals surface area contributed by atoms with Gasteiger partial charge in [-0.3, -0.25) is 0 Å². The van der Waals surface area contributed by atoms with Crippen LogP contribution in [-0.2, 0) is 38.5 Å². The molecule has 3 aliphatic rings. The maximum absolute atomic E-state index is 2.53. The first-order valence-corrected chi connectivity index (χ1v) is 17.2. The van der Waals surface area contributed by atoms with Gasteiger partial charge in [-0.05, 0) is 0 Å². The Balaban J connectivity index is 1.75. The molecule has 0 unspecified atom stereocenters. The first-order chi connectivity index (χ1) is 16.1. The van der Waals surface area contributed by atoms with Crippen molar-refractivity contribution in [1.29, 1.82) is 0 Å². The van der Waals surface area contributed by atoms with E-state index in [1.165, 1.54) is 61.6 Å². The van der Waals surface area contributed by atoms with Crippen LogP contribution >= 0.6 is 0 Å². The molecule has 0 radical (unpaired) electrons. The van der Waals surface area contributed by atoms with Gasteiger partial charge in [0, 0.05) is 0 Å². The zero-order valence-corrected chi connectivity index (χ0v) is 24.7. The quantitative estimate of drug-likeness (QED) is 0.292. The Hall–Kier alpha value is -1.33. The summed E-state index contributed by atoms with van der Waals surface area (Å²) in [6.45, 7) is 14.4. The minimum atomic E-state index is -2.18. The molecule has 2 aromatic rings. The number of fused-ring (bicyclic) bond motifs is 3. The molecule has 0 aromatic heterocycles. The fourth-order valence-corrected chi connectivity index (χ4v) is 15.6. The summed E-state index contributed by atoms with van der Waals surface area (Å²) in [5.74, 6) is 0. The molecule has 1 fully saturated rings. The topological polar surface area (TPSA) is 0 Å². The summed E-state index contributed by atoms with van der Waals surface area (Å²) in [6, 6.07) is 12.3. The predicted molar refractivity (Wildman–Crippen MR) is 146 cm³/mol. The second kappa shape index (κ2) is 9.28. The molecule has 0 aliphatic heterocycles. The van der Waals surface area contributed by atoms with Gasteiger partial charge < -0.3 is 0 Å². The van der Waals surface area contributed by atoms with E-state index >= 15 is 0 Å². The third-order valence-electron chi connectivity index (χ3n) is 8.15. The molecule has 1 saturated carbocycles. The number of benzene rings is 2. The Labute approximate surface area is 215 Å². The monoisotopic (exact) mass is 528 g/mol. The van der Waals surface area contributed by atoms with Crippen LogP contribution in [0, 0.1) is 0 Å². The van der Waals surface area contributed by atoms with E-state index in [2.05, 4.69) is 90.1 Å². The summed E-state index contributed by atoms with van der Waals surface area (Å²) >= 11 is -2.18. The zero-order chi connectivity index (χ0) is 24.1. The Kier molecular flexibility index (Phi) is 6.65. The molecular weight excluding hydrogens is 488 g/mol. The van der Waals surface area contributed by atoms with Gasteiger partial charge in [0.15, 0.2) is 0 Å². The predicted octanol–water partition coefficient (Wildman–Crippen LogP) is 8.47. The van der Waals surface area contributed by atoms with E-state index < -0.39 is 21.3 Å². The van der Waals surface area contributed by atoms with Crippen LogP contribution in [0.4, 0.5) is 0 Å². The molecule has 0 heterocycles. The van der Waals surface area contributed by atoms with Crippen molar-refractivity contribution in [3.8, 4) is 11.1 Å². The van der Waals surface area contributed by atoms with E-state index in [4.69, 9.17) is 0 Å². The molecule has 0 amide bonds. The van der Waals surface area contributed by atoms with Gasteiger partial charge in [-0.1, -0.05) is 0 Å². The van der Waals surface area contributed by atoms with Gasteiger partial charge in [-0.25, -0.2) is 0 Å². The molecule has 3 aliphatic carbocycles. The van der Waals surface area contributed by atoms with Crippen LogP contribution in [0.5, 0.6) is 0 Å². The van der Waals surface area contributed by atoms with Crippen molar-refractivity contribution in [2.45, 2.75) is 104 Å². The summed E-state index contributed by atoms with van der Waals surface area (Å²) in [5.41, 5.74) is 9.79. The molecule has 1 heteroatoms. The van der Waals surface area contributed by atoms with Crippen molar-refractivity contribution >= 4 is 6.48 Å². The van der Waals surface area contributed by atoms with E-state index in [1.54, 1.807) is 16.7 Å². The zero-order valence-electron chi connectivity index (χ0n) is 22.3. The number of allylic oxidation sites excluding steroid dienone is 4. The summed E-state index contributed by atoms with van der Waals surface area (Å²) in [6.07, 6.45) is 18.1. The van der Waals surface area contributed by atoms with Gasteiger partial charge >= 0.3 is 217 Å². The Morgan fingerprint density at radius 2 is 1.47 bits per heavy atom. The van der Waals surface area contributed by atoms with Crippen LogP contribution in [0.1, 0.15) is 109 Å². The Morgan fingerprint density at radius 3 is 2.09 bits per heavy atom. The summed E-state index contributed by atoms with van der Waals surface area (Å²) < 4.78 is 5.68. The first kappa shape index (κ1) is 24.4. The van der Waals surface area contributed by atoms with Crippen molar-refractivity contribution in [1.82, 2.24) is 0 Å². The molecule has 5 rings (SSSR count). The van der Waals surface area contributed by atoms with Gasteiger partial charge in [-0.15, -0.1) is 0 Å². The molecule has 0 nitrogen and oxygen atoms in total. The second-order valence-corrected chi connectivity index (χ2v) is 19.2. The van der Waals surface area contributed by atoms with Crippen molar-refractivity contribution < 1.29 is 21.3 Å². The average Bonchev–Trinajstić information content (AvgIpc) is 3.34. The van der Waals surface area contributed by atoms with E-state index in [0.717, 1.165) is 6.42 Å². The molecule has 0 spiro atoms. The third kappa shape index (κ3) is 4.59. The Morgan fingerprint density at radius 1 is 0.765 bits per heavy atom. The molecular formula is C33H42Zr. The van der Waals surface area contributed by atoms with Crippen molar-refractivity contribution in [2.24, 2.45) is 0 Å². The van der Waals surface area contributed by atoms with Crippen LogP contribution in [0.25, 0.3) is 11.1 Å². The molecule has 178 valence electrons. The van der Waals surface area contributed by atoms with Gasteiger partial charge in [0.1, 0.15) is 0 Å². The summed E-state index contributed by atoms with van der Waals surface area (Å²) in [7, 11) is 0. The second-order valence-electron chi connectivity index (χ2n) is 12.8. The average molecular weight is 530 g/mol. The van der Waals surface area contributed by atoms with E-state index in [1.807, 2.05) is 9.76 Å². The SMILES string of the molecule is CC(C)(C)c1ccc2c(c1)Cc1c-2ccc(C(C)(C)C)[c]1[Zr]([C]1=CC=CC1)=[C]1CCCCCC1. The number of hydrogen-bond donors (Lipinski definition) is 0. The standard InChI is InChI=1S/C21H25.C7H12.C5H5.Zr/c1-20(2,3)16-7-9-18-14(12-16)11-15-13-17(21(4,5)6)8-10-19(15)18;1-2-4-6-7-5-3-1;1-2-4-5-3-1;/h7-10,12H,11H2,1-6H3;1-6H2;1-3H,4H2;. The van der Waals surface area contributed by atoms with Gasteiger partial charge in [-0.2, -0.15) is 0 Å². The van der Waals surface area contributed by atoms with Crippen molar-refractivity contribution in [2.75, 3.05) is 0 Å². The van der Waals surface area contributed by atoms with Crippen molar-refractivity contribution in [3.05, 3.63) is 74.1 Å². The molecule has 0 saturated heterocycles. The third-order valence-corrected chi connectivity index (χ3v) is 16.2. The minimum absolute atomic E-state index is 0.180. The molecule has 0 bridgehead atoms. The van der Waals surface area contributed by atoms with Crippen LogP contribution in [0.15, 0.2) is 51.8 Å². The van der Waals surface area contributed by atoms with Gasteiger partial charge in [0.2, 0.25) is 0 Å². The fraction of sp³-hybridized carbons (Fsp3) is 0.485. The first-order valence-electron chi connectivity index (χ1n) is 13.5. The van der Waals surface area contributed by atoms with Crippen LogP contribution in [0.2, 0.25) is 0 Å². The molecule has 34 heavy (non-hydrogen) atoms. The van der Waals surface area contributed by atoms with Crippen LogP contribution < -0.4 is 3.27 Å². The van der Waals surface area contributed by atoms with Crippen LogP contribution in [-0.4, -0.2) is 3.21 Å². The van der Waals surface area contributed by atoms with Gasteiger partial charge in [0.05, 0.1) is 0 Å². The molecule has 2 aromatic carbocycles. The number of hydrogen-bond acceptors (Lipinski definition) is 0. The molecule has 0 atom stereocenters. The van der Waals surface area contributed by atoms with Gasteiger partial charge in [0.25, 0.3) is 0 Å².